The lowest BCUT2D eigenvalue weighted by Crippen LogP contribution is -2.32. The summed E-state index contributed by atoms with van der Waals surface area (Å²) >= 11 is 5.97. The average molecular weight is 303 g/mol. The minimum Gasteiger partial charge on any atom is -0.348 e. The quantitative estimate of drug-likeness (QED) is 0.944. The second-order valence-corrected chi connectivity index (χ2v) is 5.21. The van der Waals surface area contributed by atoms with Gasteiger partial charge in [-0.1, -0.05) is 17.7 Å². The van der Waals surface area contributed by atoms with E-state index in [0.717, 1.165) is 11.4 Å². The Kier molecular flexibility index (Phi) is 4.61. The molecule has 1 aromatic carbocycles. The van der Waals surface area contributed by atoms with Gasteiger partial charge in [0.25, 0.3) is 5.91 Å². The Morgan fingerprint density at radius 1 is 1.57 bits per heavy atom. The summed E-state index contributed by atoms with van der Waals surface area (Å²) in [6.07, 6.45) is 1.79. The van der Waals surface area contributed by atoms with Gasteiger partial charge in [0.1, 0.15) is 0 Å². The van der Waals surface area contributed by atoms with Crippen LogP contribution in [0.2, 0.25) is 5.02 Å². The average Bonchev–Trinajstić information content (AvgIpc) is 2.81. The number of nitrogens with zero attached hydrogens (tertiary/aromatic N) is 3. The first-order valence-electron chi connectivity index (χ1n) is 6.51. The molecule has 0 aliphatic rings. The molecule has 0 fully saturated rings. The second kappa shape index (κ2) is 6.42. The molecule has 0 saturated carbocycles. The van der Waals surface area contributed by atoms with E-state index in [2.05, 4.69) is 10.4 Å². The summed E-state index contributed by atoms with van der Waals surface area (Å²) in [5.41, 5.74) is 2.00. The lowest BCUT2D eigenvalue weighted by Gasteiger charge is -2.10. The van der Waals surface area contributed by atoms with E-state index in [1.807, 2.05) is 25.1 Å². The number of rotatable bonds is 4. The first kappa shape index (κ1) is 15.1. The van der Waals surface area contributed by atoms with Gasteiger partial charge in [0, 0.05) is 11.1 Å². The molecule has 0 unspecified atom stereocenters. The summed E-state index contributed by atoms with van der Waals surface area (Å²) < 4.78 is 1.66. The van der Waals surface area contributed by atoms with Crippen LogP contribution in [0, 0.1) is 18.3 Å². The van der Waals surface area contributed by atoms with Gasteiger partial charge in [-0.25, -0.2) is 4.68 Å². The minimum absolute atomic E-state index is 0.198. The number of carbonyl (C=O) groups excluding carboxylic acids is 1. The lowest BCUT2D eigenvalue weighted by molar-refractivity contribution is 0.0940. The maximum atomic E-state index is 12.2. The van der Waals surface area contributed by atoms with Gasteiger partial charge in [-0.3, -0.25) is 4.79 Å². The molecule has 5 nitrogen and oxygen atoms in total. The number of nitriles is 1. The van der Waals surface area contributed by atoms with E-state index >= 15 is 0 Å². The molecule has 108 valence electrons. The van der Waals surface area contributed by atoms with Crippen molar-refractivity contribution in [3.05, 3.63) is 46.7 Å². The fourth-order valence-electron chi connectivity index (χ4n) is 1.99. The highest BCUT2D eigenvalue weighted by Crippen LogP contribution is 2.18. The van der Waals surface area contributed by atoms with Crippen molar-refractivity contribution in [2.24, 2.45) is 0 Å². The van der Waals surface area contributed by atoms with Crippen molar-refractivity contribution in [3.63, 3.8) is 0 Å². The highest BCUT2D eigenvalue weighted by atomic mass is 35.5. The second-order valence-electron chi connectivity index (χ2n) is 4.77. The van der Waals surface area contributed by atoms with Gasteiger partial charge in [-0.15, -0.1) is 0 Å². The SMILES string of the molecule is Cc1c(C(=O)N[C@H](C)CC#N)cnn1-c1cccc(Cl)c1. The number of hydrogen-bond acceptors (Lipinski definition) is 3. The van der Waals surface area contributed by atoms with Gasteiger partial charge in [0.15, 0.2) is 0 Å². The van der Waals surface area contributed by atoms with E-state index in [-0.39, 0.29) is 18.4 Å². The van der Waals surface area contributed by atoms with E-state index < -0.39 is 0 Å². The normalized spacial score (nSPS) is 11.7. The molecule has 6 heteroatoms. The molecule has 21 heavy (non-hydrogen) atoms. The van der Waals surface area contributed by atoms with Crippen molar-refractivity contribution in [1.82, 2.24) is 15.1 Å². The molecule has 0 spiro atoms. The van der Waals surface area contributed by atoms with Crippen molar-refractivity contribution in [1.29, 1.82) is 5.26 Å². The summed E-state index contributed by atoms with van der Waals surface area (Å²) in [7, 11) is 0. The van der Waals surface area contributed by atoms with Gasteiger partial charge >= 0.3 is 0 Å². The predicted molar refractivity (Wildman–Crippen MR) is 80.5 cm³/mol. The van der Waals surface area contributed by atoms with Crippen LogP contribution in [0.3, 0.4) is 0 Å². The molecule has 1 atom stereocenters. The van der Waals surface area contributed by atoms with Crippen LogP contribution in [0.25, 0.3) is 5.69 Å². The maximum absolute atomic E-state index is 12.2. The number of halogens is 1. The van der Waals surface area contributed by atoms with Crippen LogP contribution in [-0.2, 0) is 0 Å². The zero-order valence-corrected chi connectivity index (χ0v) is 12.6. The number of hydrogen-bond donors (Lipinski definition) is 1. The van der Waals surface area contributed by atoms with Gasteiger partial charge in [0.05, 0.1) is 35.6 Å². The lowest BCUT2D eigenvalue weighted by atomic mass is 10.2. The molecule has 0 saturated heterocycles. The van der Waals surface area contributed by atoms with Gasteiger partial charge in [-0.05, 0) is 32.0 Å². The van der Waals surface area contributed by atoms with E-state index in [9.17, 15) is 4.79 Å². The number of nitrogens with one attached hydrogen (secondary N) is 1. The van der Waals surface area contributed by atoms with Crippen LogP contribution in [0.1, 0.15) is 29.4 Å². The molecule has 2 rings (SSSR count). The third-order valence-corrected chi connectivity index (χ3v) is 3.32. The third kappa shape index (κ3) is 3.41. The van der Waals surface area contributed by atoms with Crippen LogP contribution >= 0.6 is 11.6 Å². The first-order chi connectivity index (χ1) is 10.0. The Labute approximate surface area is 128 Å². The molecule has 1 heterocycles. The molecule has 1 N–H and O–H groups in total. The Morgan fingerprint density at radius 2 is 2.33 bits per heavy atom. The summed E-state index contributed by atoms with van der Waals surface area (Å²) in [5, 5.41) is 16.2. The molecule has 0 aliphatic carbocycles. The van der Waals surface area contributed by atoms with E-state index in [1.54, 1.807) is 23.7 Å². The van der Waals surface area contributed by atoms with E-state index in [0.29, 0.717) is 10.6 Å². The number of benzene rings is 1. The Balaban J connectivity index is 2.25. The summed E-state index contributed by atoms with van der Waals surface area (Å²) in [6.45, 7) is 3.61. The number of carbonyl (C=O) groups is 1. The summed E-state index contributed by atoms with van der Waals surface area (Å²) in [4.78, 5) is 12.2. The van der Waals surface area contributed by atoms with Crippen LogP contribution in [0.5, 0.6) is 0 Å². The predicted octanol–water partition coefficient (Wildman–Crippen LogP) is 2.87. The number of aromatic nitrogens is 2. The molecule has 0 aliphatic heterocycles. The molecule has 1 amide bonds. The maximum Gasteiger partial charge on any atom is 0.255 e. The van der Waals surface area contributed by atoms with Crippen molar-refractivity contribution < 1.29 is 4.79 Å². The Hall–Kier alpha value is -2.32. The van der Waals surface area contributed by atoms with Crippen LogP contribution in [-0.4, -0.2) is 21.7 Å². The standard InChI is InChI=1S/C15H15ClN4O/c1-10(6-7-17)19-15(21)14-9-18-20(11(14)2)13-5-3-4-12(16)8-13/h3-5,8-10H,6H2,1-2H3,(H,19,21)/t10-/m1/s1. The first-order valence-corrected chi connectivity index (χ1v) is 6.89. The van der Waals surface area contributed by atoms with Crippen molar-refractivity contribution in [2.75, 3.05) is 0 Å². The van der Waals surface area contributed by atoms with Gasteiger partial charge < -0.3 is 5.32 Å². The fourth-order valence-corrected chi connectivity index (χ4v) is 2.17. The van der Waals surface area contributed by atoms with Crippen molar-refractivity contribution in [2.45, 2.75) is 26.3 Å². The zero-order chi connectivity index (χ0) is 15.4. The minimum atomic E-state index is -0.233. The highest BCUT2D eigenvalue weighted by molar-refractivity contribution is 6.30. The molecule has 2 aromatic rings. The van der Waals surface area contributed by atoms with E-state index in [4.69, 9.17) is 16.9 Å². The Bertz CT molecular complexity index is 702. The van der Waals surface area contributed by atoms with Gasteiger partial charge in [0.2, 0.25) is 0 Å². The van der Waals surface area contributed by atoms with Crippen molar-refractivity contribution >= 4 is 17.5 Å². The largest absolute Gasteiger partial charge is 0.348 e. The third-order valence-electron chi connectivity index (χ3n) is 3.08. The molecular weight excluding hydrogens is 288 g/mol. The summed E-state index contributed by atoms with van der Waals surface area (Å²) in [5.74, 6) is -0.233. The van der Waals surface area contributed by atoms with Crippen LogP contribution in [0.4, 0.5) is 0 Å². The van der Waals surface area contributed by atoms with Crippen LogP contribution in [0.15, 0.2) is 30.5 Å². The summed E-state index contributed by atoms with van der Waals surface area (Å²) in [6, 6.07) is 9.08. The molecule has 0 radical (unpaired) electrons. The highest BCUT2D eigenvalue weighted by Gasteiger charge is 2.16. The molecule has 0 bridgehead atoms. The number of amides is 1. The molecule has 1 aromatic heterocycles. The fraction of sp³-hybridized carbons (Fsp3) is 0.267. The smallest absolute Gasteiger partial charge is 0.255 e. The monoisotopic (exact) mass is 302 g/mol. The molecular formula is C15H15ClN4O. The van der Waals surface area contributed by atoms with Crippen molar-refractivity contribution in [3.8, 4) is 11.8 Å². The zero-order valence-electron chi connectivity index (χ0n) is 11.8. The van der Waals surface area contributed by atoms with Gasteiger partial charge in [-0.2, -0.15) is 10.4 Å². The van der Waals surface area contributed by atoms with E-state index in [1.165, 1.54) is 6.20 Å². The van der Waals surface area contributed by atoms with Crippen LogP contribution < -0.4 is 5.32 Å². The Morgan fingerprint density at radius 3 is 3.00 bits per heavy atom. The topological polar surface area (TPSA) is 70.7 Å².